The molecule has 2 unspecified atom stereocenters. The van der Waals surface area contributed by atoms with Crippen LogP contribution in [0, 0.1) is 15.5 Å². The number of carbonyl (C=O) groups excluding carboxylic acids is 4. The van der Waals surface area contributed by atoms with E-state index in [9.17, 15) is 29.3 Å². The Balaban J connectivity index is 0.000000676. The number of anilines is 3. The quantitative estimate of drug-likeness (QED) is 0.0132. The minimum Gasteiger partial charge on any atom is -0.493 e. The number of likely N-dealkylation sites (tertiary alicyclic amines) is 1. The van der Waals surface area contributed by atoms with Crippen LogP contribution in [0.4, 0.5) is 23.1 Å². The van der Waals surface area contributed by atoms with Gasteiger partial charge in [-0.15, -0.1) is 0 Å². The number of methoxy groups -OCH3 is 5. The molecule has 2 amide bonds. The number of piperidine rings is 1. The number of ketones is 1. The van der Waals surface area contributed by atoms with Gasteiger partial charge in [0.2, 0.25) is 23.4 Å². The van der Waals surface area contributed by atoms with Gasteiger partial charge in [-0.25, -0.2) is 4.98 Å². The predicted octanol–water partition coefficient (Wildman–Crippen LogP) is 8.99. The van der Waals surface area contributed by atoms with Crippen LogP contribution in [0.1, 0.15) is 113 Å². The number of amides is 2. The Morgan fingerprint density at radius 3 is 2.10 bits per heavy atom. The molecule has 22 nitrogen and oxygen atoms in total. The number of nitrogens with zero attached hydrogens (tertiary/aromatic N) is 4. The van der Waals surface area contributed by atoms with E-state index in [2.05, 4.69) is 15.3 Å². The average molecular weight is 1110 g/mol. The summed E-state index contributed by atoms with van der Waals surface area (Å²) in [5.41, 5.74) is 14.8. The number of hydrogen-bond donors (Lipinski definition) is 3. The monoisotopic (exact) mass is 1110 g/mol. The fourth-order valence-corrected chi connectivity index (χ4v) is 8.61. The molecule has 5 N–H and O–H groups in total. The second kappa shape index (κ2) is 30.7. The first-order valence-corrected chi connectivity index (χ1v) is 26.3. The van der Waals surface area contributed by atoms with Crippen LogP contribution in [0.5, 0.6) is 40.2 Å². The topological polar surface area (TPSA) is 288 Å². The molecule has 1 fully saturated rings. The second-order valence-electron chi connectivity index (χ2n) is 19.3. The lowest BCUT2D eigenvalue weighted by Crippen LogP contribution is -2.44. The lowest BCUT2D eigenvalue weighted by Gasteiger charge is -2.29. The minimum atomic E-state index is -0.749. The highest BCUT2D eigenvalue weighted by molar-refractivity contribution is 6.37. The van der Waals surface area contributed by atoms with Gasteiger partial charge < -0.3 is 64.3 Å². The Hall–Kier alpha value is -8.40. The zero-order valence-electron chi connectivity index (χ0n) is 47.1. The predicted molar refractivity (Wildman–Crippen MR) is 300 cm³/mol. The summed E-state index contributed by atoms with van der Waals surface area (Å²) in [4.78, 5) is 69.6. The van der Waals surface area contributed by atoms with E-state index >= 15 is 0 Å². The molecule has 432 valence electrons. The summed E-state index contributed by atoms with van der Waals surface area (Å²) in [5, 5.41) is 15.1. The fourth-order valence-electron chi connectivity index (χ4n) is 8.61. The fraction of sp³-hybridized carbons (Fsp3) is 0.448. The maximum atomic E-state index is 13.0. The number of nitro groups is 1. The highest BCUT2D eigenvalue weighted by Crippen LogP contribution is 2.41. The second-order valence-corrected chi connectivity index (χ2v) is 19.3. The summed E-state index contributed by atoms with van der Waals surface area (Å²) >= 11 is 0. The molecule has 0 bridgehead atoms. The summed E-state index contributed by atoms with van der Waals surface area (Å²) in [6.45, 7) is 9.39. The summed E-state index contributed by atoms with van der Waals surface area (Å²) in [6, 6.07) is 19.0. The van der Waals surface area contributed by atoms with E-state index in [-0.39, 0.29) is 84.8 Å². The first-order chi connectivity index (χ1) is 38.4. The van der Waals surface area contributed by atoms with E-state index in [4.69, 9.17) is 54.1 Å². The average Bonchev–Trinajstić information content (AvgIpc) is 3.51. The molecule has 80 heavy (non-hydrogen) atoms. The van der Waals surface area contributed by atoms with Gasteiger partial charge in [0.15, 0.2) is 34.5 Å². The molecule has 5 aromatic rings. The smallest absolute Gasteiger partial charge is 0.293 e. The lowest BCUT2D eigenvalue weighted by molar-refractivity contribution is -0.386. The summed E-state index contributed by atoms with van der Waals surface area (Å²) in [5.74, 6) is 2.29. The van der Waals surface area contributed by atoms with Crippen LogP contribution >= 0.6 is 0 Å². The van der Waals surface area contributed by atoms with Crippen molar-refractivity contribution in [3.63, 3.8) is 0 Å². The van der Waals surface area contributed by atoms with E-state index < -0.39 is 22.5 Å². The molecule has 0 radical (unpaired) electrons. The van der Waals surface area contributed by atoms with E-state index in [1.165, 1.54) is 39.9 Å². The number of Topliss-reactive ketones (excluding diaryl/α,β-unsaturated/α-hetero) is 1. The number of nitrogen functional groups attached to an aromatic ring is 2. The van der Waals surface area contributed by atoms with Gasteiger partial charge in [-0.2, -0.15) is 4.98 Å². The maximum absolute atomic E-state index is 13.0. The number of hydrogen-bond acceptors (Lipinski definition) is 19. The van der Waals surface area contributed by atoms with Crippen molar-refractivity contribution in [3.8, 4) is 40.2 Å². The SMILES string of the molecule is CCC(C)(C)C(=O)C(=O)N1CCCCC1.COc1ccc(CCC(OC=O)c2cccc(NC(=O)CCCOc3cc([N+](=O)[O-])c(C(C)OCCOc4c(OC)cc(Cc5cnc(N)nc5N)cc4OC)cc3OC)c2)cc1OC. The molecule has 2 atom stereocenters. The normalized spacial score (nSPS) is 12.8. The Kier molecular flexibility index (Phi) is 23.9. The molecule has 6 rings (SSSR count). The van der Waals surface area contributed by atoms with Crippen LogP contribution in [0.15, 0.2) is 72.9 Å². The van der Waals surface area contributed by atoms with Crippen LogP contribution in [-0.4, -0.2) is 112 Å². The Morgan fingerprint density at radius 2 is 1.48 bits per heavy atom. The van der Waals surface area contributed by atoms with E-state index in [1.54, 1.807) is 62.6 Å². The molecule has 0 aliphatic carbocycles. The molecule has 1 aliphatic heterocycles. The van der Waals surface area contributed by atoms with Gasteiger partial charge in [-0.05, 0) is 111 Å². The van der Waals surface area contributed by atoms with E-state index in [1.807, 2.05) is 45.0 Å². The zero-order chi connectivity index (χ0) is 58.4. The van der Waals surface area contributed by atoms with E-state index in [0.717, 1.165) is 37.1 Å². The first kappa shape index (κ1) is 62.4. The number of ether oxygens (including phenoxy) is 9. The third-order valence-electron chi connectivity index (χ3n) is 13.5. The highest BCUT2D eigenvalue weighted by atomic mass is 16.6. The third-order valence-corrected chi connectivity index (χ3v) is 13.5. The molecule has 4 aromatic carbocycles. The number of aromatic nitrogens is 2. The number of nitrogens with two attached hydrogens (primary N) is 2. The minimum absolute atomic E-state index is 0.0479. The Labute approximate surface area is 466 Å². The van der Waals surface area contributed by atoms with Crippen LogP contribution in [0.3, 0.4) is 0 Å². The molecular formula is C58H75N7O15. The highest BCUT2D eigenvalue weighted by Gasteiger charge is 2.34. The molecular weight excluding hydrogens is 1030 g/mol. The van der Waals surface area contributed by atoms with Gasteiger partial charge in [0.1, 0.15) is 18.5 Å². The van der Waals surface area contributed by atoms with Crippen molar-refractivity contribution in [2.24, 2.45) is 5.41 Å². The van der Waals surface area contributed by atoms with Crippen molar-refractivity contribution in [2.75, 3.05) is 85.2 Å². The number of aryl methyl sites for hydroxylation is 1. The molecule has 22 heteroatoms. The van der Waals surface area contributed by atoms with Crippen molar-refractivity contribution < 1.29 is 66.7 Å². The largest absolute Gasteiger partial charge is 0.493 e. The van der Waals surface area contributed by atoms with Crippen LogP contribution < -0.4 is 49.9 Å². The van der Waals surface area contributed by atoms with Crippen molar-refractivity contribution >= 4 is 47.2 Å². The van der Waals surface area contributed by atoms with Gasteiger partial charge >= 0.3 is 0 Å². The lowest BCUT2D eigenvalue weighted by atomic mass is 9.84. The van der Waals surface area contributed by atoms with Crippen molar-refractivity contribution in [1.82, 2.24) is 14.9 Å². The molecule has 0 spiro atoms. The molecule has 1 aromatic heterocycles. The Bertz CT molecular complexity index is 2870. The van der Waals surface area contributed by atoms with Gasteiger partial charge in [-0.1, -0.05) is 39.0 Å². The summed E-state index contributed by atoms with van der Waals surface area (Å²) in [7, 11) is 7.55. The third kappa shape index (κ3) is 17.6. The maximum Gasteiger partial charge on any atom is 0.293 e. The number of benzene rings is 4. The standard InChI is InChI=1S/C46H54N6O13.C12H21NO2/c1-28(62-17-18-64-44-41(60-5)21-30(22-42(44)61-6)19-32-26-49-46(48)51-45(32)47)34-24-39(59-4)40(25-35(34)52(55)56)63-16-8-11-43(54)50-33-10-7-9-31(23-33)36(65-27-53)14-12-29-13-15-37(57-2)38(20-29)58-3;1-4-12(2,3)10(14)11(15)13-8-6-5-7-9-13/h7,9-10,13,15,20-28,36H,8,11-12,14,16-19H2,1-6H3,(H,50,54)(H4,47,48,49,51);4-9H2,1-3H3. The molecule has 0 saturated carbocycles. The molecule has 1 saturated heterocycles. The van der Waals surface area contributed by atoms with Gasteiger partial charge in [0.05, 0.1) is 71.4 Å². The van der Waals surface area contributed by atoms with E-state index in [0.29, 0.717) is 77.7 Å². The number of carbonyl (C=O) groups is 4. The van der Waals surface area contributed by atoms with Gasteiger partial charge in [-0.3, -0.25) is 29.3 Å². The van der Waals surface area contributed by atoms with Gasteiger partial charge in [0, 0.05) is 48.8 Å². The number of nitro benzene ring substituents is 1. The molecule has 2 heterocycles. The number of nitrogens with one attached hydrogen (secondary N) is 1. The van der Waals surface area contributed by atoms with Crippen molar-refractivity contribution in [2.45, 2.75) is 97.7 Å². The molecule has 1 aliphatic rings. The summed E-state index contributed by atoms with van der Waals surface area (Å²) < 4.78 is 50.7. The zero-order valence-corrected chi connectivity index (χ0v) is 47.1. The number of rotatable bonds is 29. The summed E-state index contributed by atoms with van der Waals surface area (Å²) in [6.07, 6.45) is 6.03. The van der Waals surface area contributed by atoms with Gasteiger partial charge in [0.25, 0.3) is 18.1 Å². The van der Waals surface area contributed by atoms with Crippen LogP contribution in [0.25, 0.3) is 0 Å². The Morgan fingerprint density at radius 1 is 0.812 bits per heavy atom. The van der Waals surface area contributed by atoms with Crippen molar-refractivity contribution in [3.05, 3.63) is 111 Å². The van der Waals surface area contributed by atoms with Crippen LogP contribution in [0.2, 0.25) is 0 Å². The first-order valence-electron chi connectivity index (χ1n) is 26.3. The van der Waals surface area contributed by atoms with Crippen LogP contribution in [-0.2, 0) is 41.5 Å². The van der Waals surface area contributed by atoms with Crippen molar-refractivity contribution in [1.29, 1.82) is 0 Å².